The molecular formula is C14H16N2O4. The molecule has 0 saturated carbocycles. The maximum absolute atomic E-state index is 5.53. The molecule has 0 spiro atoms. The largest absolute Gasteiger partial charge is 0.497 e. The van der Waals surface area contributed by atoms with E-state index in [2.05, 4.69) is 9.97 Å². The SMILES string of the molecule is COc1ccc(COc2nc(OC)cc(OC)n2)cc1. The van der Waals surface area contributed by atoms with Gasteiger partial charge in [0, 0.05) is 0 Å². The molecule has 0 aliphatic heterocycles. The quantitative estimate of drug-likeness (QED) is 0.805. The van der Waals surface area contributed by atoms with Gasteiger partial charge in [-0.05, 0) is 17.7 Å². The lowest BCUT2D eigenvalue weighted by Crippen LogP contribution is -2.02. The molecule has 1 aromatic heterocycles. The van der Waals surface area contributed by atoms with E-state index in [1.165, 1.54) is 14.2 Å². The smallest absolute Gasteiger partial charge is 0.323 e. The second-order valence-electron chi connectivity index (χ2n) is 3.87. The molecule has 2 rings (SSSR count). The van der Waals surface area contributed by atoms with Crippen LogP contribution in [0.2, 0.25) is 0 Å². The number of rotatable bonds is 6. The molecule has 6 heteroatoms. The Morgan fingerprint density at radius 2 is 1.45 bits per heavy atom. The van der Waals surface area contributed by atoms with Crippen LogP contribution in [0.4, 0.5) is 0 Å². The third-order valence-electron chi connectivity index (χ3n) is 2.60. The van der Waals surface area contributed by atoms with Crippen LogP contribution < -0.4 is 18.9 Å². The molecule has 0 atom stereocenters. The van der Waals surface area contributed by atoms with E-state index in [-0.39, 0.29) is 6.01 Å². The highest BCUT2D eigenvalue weighted by molar-refractivity contribution is 5.27. The van der Waals surface area contributed by atoms with Gasteiger partial charge in [0.15, 0.2) is 0 Å². The van der Waals surface area contributed by atoms with Crippen molar-refractivity contribution in [2.45, 2.75) is 6.61 Å². The molecule has 20 heavy (non-hydrogen) atoms. The van der Waals surface area contributed by atoms with Gasteiger partial charge in [-0.2, -0.15) is 9.97 Å². The normalized spacial score (nSPS) is 9.95. The van der Waals surface area contributed by atoms with Crippen molar-refractivity contribution in [3.8, 4) is 23.5 Å². The van der Waals surface area contributed by atoms with E-state index < -0.39 is 0 Å². The Labute approximate surface area is 117 Å². The fourth-order valence-corrected chi connectivity index (χ4v) is 1.53. The molecule has 106 valence electrons. The molecule has 0 saturated heterocycles. The van der Waals surface area contributed by atoms with E-state index in [0.717, 1.165) is 11.3 Å². The van der Waals surface area contributed by atoms with Crippen molar-refractivity contribution in [1.29, 1.82) is 0 Å². The minimum absolute atomic E-state index is 0.206. The summed E-state index contributed by atoms with van der Waals surface area (Å²) in [5, 5.41) is 0. The lowest BCUT2D eigenvalue weighted by Gasteiger charge is -2.08. The summed E-state index contributed by atoms with van der Waals surface area (Å²) in [6.07, 6.45) is 0. The predicted molar refractivity (Wildman–Crippen MR) is 72.5 cm³/mol. The number of methoxy groups -OCH3 is 3. The monoisotopic (exact) mass is 276 g/mol. The van der Waals surface area contributed by atoms with Crippen molar-refractivity contribution >= 4 is 0 Å². The predicted octanol–water partition coefficient (Wildman–Crippen LogP) is 2.08. The highest BCUT2D eigenvalue weighted by atomic mass is 16.5. The summed E-state index contributed by atoms with van der Waals surface area (Å²) in [5.41, 5.74) is 0.983. The highest BCUT2D eigenvalue weighted by Gasteiger charge is 2.06. The van der Waals surface area contributed by atoms with Crippen LogP contribution in [0.25, 0.3) is 0 Å². The summed E-state index contributed by atoms with van der Waals surface area (Å²) in [6, 6.07) is 9.35. The van der Waals surface area contributed by atoms with Crippen molar-refractivity contribution in [3.63, 3.8) is 0 Å². The van der Waals surface area contributed by atoms with E-state index in [0.29, 0.717) is 18.4 Å². The third-order valence-corrected chi connectivity index (χ3v) is 2.60. The molecule has 0 amide bonds. The molecular weight excluding hydrogens is 260 g/mol. The number of benzene rings is 1. The first-order valence-electron chi connectivity index (χ1n) is 5.98. The summed E-state index contributed by atoms with van der Waals surface area (Å²) >= 11 is 0. The molecule has 0 unspecified atom stereocenters. The molecule has 1 heterocycles. The van der Waals surface area contributed by atoms with E-state index in [9.17, 15) is 0 Å². The van der Waals surface area contributed by atoms with Gasteiger partial charge in [-0.25, -0.2) is 0 Å². The average Bonchev–Trinajstić information content (AvgIpc) is 2.53. The van der Waals surface area contributed by atoms with E-state index >= 15 is 0 Å². The lowest BCUT2D eigenvalue weighted by molar-refractivity contribution is 0.265. The summed E-state index contributed by atoms with van der Waals surface area (Å²) in [4.78, 5) is 8.18. The molecule has 0 radical (unpaired) electrons. The topological polar surface area (TPSA) is 62.7 Å². The van der Waals surface area contributed by atoms with Crippen molar-refractivity contribution in [1.82, 2.24) is 9.97 Å². The van der Waals surface area contributed by atoms with Crippen molar-refractivity contribution < 1.29 is 18.9 Å². The van der Waals surface area contributed by atoms with Gasteiger partial charge in [0.1, 0.15) is 12.4 Å². The zero-order valence-electron chi connectivity index (χ0n) is 11.6. The summed E-state index contributed by atoms with van der Waals surface area (Å²) < 4.78 is 20.7. The van der Waals surface area contributed by atoms with Crippen molar-refractivity contribution in [2.24, 2.45) is 0 Å². The Morgan fingerprint density at radius 1 is 0.850 bits per heavy atom. The first-order valence-corrected chi connectivity index (χ1v) is 5.98. The Bertz CT molecular complexity index is 535. The van der Waals surface area contributed by atoms with Crippen LogP contribution in [-0.2, 0) is 6.61 Å². The van der Waals surface area contributed by atoms with Gasteiger partial charge in [-0.15, -0.1) is 0 Å². The molecule has 0 N–H and O–H groups in total. The van der Waals surface area contributed by atoms with Crippen LogP contribution in [0.3, 0.4) is 0 Å². The molecule has 0 bridgehead atoms. The highest BCUT2D eigenvalue weighted by Crippen LogP contribution is 2.19. The van der Waals surface area contributed by atoms with Gasteiger partial charge >= 0.3 is 6.01 Å². The molecule has 1 aromatic carbocycles. The zero-order valence-corrected chi connectivity index (χ0v) is 11.6. The number of aromatic nitrogens is 2. The summed E-state index contributed by atoms with van der Waals surface area (Å²) in [6.45, 7) is 0.348. The van der Waals surface area contributed by atoms with Gasteiger partial charge in [0.05, 0.1) is 27.4 Å². The van der Waals surface area contributed by atoms with Gasteiger partial charge in [0.2, 0.25) is 11.8 Å². The minimum Gasteiger partial charge on any atom is -0.497 e. The standard InChI is InChI=1S/C14H16N2O4/c1-17-11-6-4-10(5-7-11)9-20-14-15-12(18-2)8-13(16-14)19-3/h4-8H,9H2,1-3H3. The van der Waals surface area contributed by atoms with Crippen LogP contribution >= 0.6 is 0 Å². The third kappa shape index (κ3) is 3.50. The second kappa shape index (κ2) is 6.60. The molecule has 2 aromatic rings. The Balaban J connectivity index is 2.05. The van der Waals surface area contributed by atoms with Crippen molar-refractivity contribution in [3.05, 3.63) is 35.9 Å². The number of nitrogens with zero attached hydrogens (tertiary/aromatic N) is 2. The molecule has 0 aliphatic carbocycles. The van der Waals surface area contributed by atoms with Gasteiger partial charge in [-0.3, -0.25) is 0 Å². The molecule has 0 aliphatic rings. The Morgan fingerprint density at radius 3 is 1.95 bits per heavy atom. The Hall–Kier alpha value is -2.50. The number of ether oxygens (including phenoxy) is 4. The summed E-state index contributed by atoms with van der Waals surface area (Å²) in [7, 11) is 4.67. The van der Waals surface area contributed by atoms with Crippen LogP contribution in [0.1, 0.15) is 5.56 Å². The fourth-order valence-electron chi connectivity index (χ4n) is 1.53. The first kappa shape index (κ1) is 13.9. The van der Waals surface area contributed by atoms with Gasteiger partial charge in [0.25, 0.3) is 0 Å². The second-order valence-corrected chi connectivity index (χ2v) is 3.87. The van der Waals surface area contributed by atoms with Crippen LogP contribution in [-0.4, -0.2) is 31.3 Å². The van der Waals surface area contributed by atoms with Crippen LogP contribution in [0.15, 0.2) is 30.3 Å². The lowest BCUT2D eigenvalue weighted by atomic mass is 10.2. The zero-order chi connectivity index (χ0) is 14.4. The molecule has 0 fully saturated rings. The summed E-state index contributed by atoms with van der Waals surface area (Å²) in [5.74, 6) is 1.58. The molecule has 6 nitrogen and oxygen atoms in total. The maximum atomic E-state index is 5.53. The number of hydrogen-bond acceptors (Lipinski definition) is 6. The van der Waals surface area contributed by atoms with Gasteiger partial charge < -0.3 is 18.9 Å². The minimum atomic E-state index is 0.206. The van der Waals surface area contributed by atoms with E-state index in [4.69, 9.17) is 18.9 Å². The fraction of sp³-hybridized carbons (Fsp3) is 0.286. The van der Waals surface area contributed by atoms with Crippen LogP contribution in [0.5, 0.6) is 23.5 Å². The first-order chi connectivity index (χ1) is 9.75. The average molecular weight is 276 g/mol. The van der Waals surface area contributed by atoms with Crippen LogP contribution in [0, 0.1) is 0 Å². The van der Waals surface area contributed by atoms with Gasteiger partial charge in [-0.1, -0.05) is 12.1 Å². The number of hydrogen-bond donors (Lipinski definition) is 0. The Kier molecular flexibility index (Phi) is 4.60. The van der Waals surface area contributed by atoms with Crippen molar-refractivity contribution in [2.75, 3.05) is 21.3 Å². The maximum Gasteiger partial charge on any atom is 0.323 e. The van der Waals surface area contributed by atoms with E-state index in [1.807, 2.05) is 24.3 Å². The van der Waals surface area contributed by atoms with E-state index in [1.54, 1.807) is 13.2 Å².